The molecule has 0 radical (unpaired) electrons. The lowest BCUT2D eigenvalue weighted by Gasteiger charge is -2.15. The van der Waals surface area contributed by atoms with Gasteiger partial charge in [0, 0.05) is 24.0 Å². The molecule has 0 aliphatic carbocycles. The Kier molecular flexibility index (Phi) is 6.25. The Bertz CT molecular complexity index is 1020. The summed E-state index contributed by atoms with van der Waals surface area (Å²) in [5, 5.41) is 2.35. The third-order valence-electron chi connectivity index (χ3n) is 4.57. The van der Waals surface area contributed by atoms with Crippen LogP contribution in [0.1, 0.15) is 44.7 Å². The average Bonchev–Trinajstić information content (AvgIpc) is 2.90. The van der Waals surface area contributed by atoms with Crippen LogP contribution in [0.2, 0.25) is 0 Å². The topological polar surface area (TPSA) is 66.5 Å². The third kappa shape index (κ3) is 4.69. The smallest absolute Gasteiger partial charge is 0.352 e. The van der Waals surface area contributed by atoms with E-state index in [0.717, 1.165) is 17.0 Å². The largest absolute Gasteiger partial charge is 0.416 e. The van der Waals surface area contributed by atoms with E-state index in [9.17, 15) is 31.9 Å². The number of carbonyl (C=O) groups excluding carboxylic acids is 3. The van der Waals surface area contributed by atoms with Crippen LogP contribution in [0.3, 0.4) is 0 Å². The van der Waals surface area contributed by atoms with Crippen molar-refractivity contribution >= 4 is 33.7 Å². The Morgan fingerprint density at radius 2 is 1.73 bits per heavy atom. The van der Waals surface area contributed by atoms with Gasteiger partial charge in [-0.15, -0.1) is 0 Å². The fourth-order valence-electron chi connectivity index (χ4n) is 3.11. The molecule has 30 heavy (non-hydrogen) atoms. The molecule has 0 unspecified atom stereocenters. The molecular formula is C20H15BrF4N2O3. The number of alkyl halides is 3. The van der Waals surface area contributed by atoms with Gasteiger partial charge in [0.25, 0.3) is 11.8 Å². The molecule has 10 heteroatoms. The summed E-state index contributed by atoms with van der Waals surface area (Å²) in [5.41, 5.74) is -0.860. The standard InChI is InChI=1S/C20H15BrF4N2O3/c21-12-4-6-14-15(8-12)19(30)27(18(14)29)7-1-2-17(28)26-10-11-3-5-13(22)9-16(11)20(23,24)25/h3-6,8-9H,1-2,7,10H2,(H,26,28). The lowest BCUT2D eigenvalue weighted by Crippen LogP contribution is -2.32. The Labute approximate surface area is 177 Å². The first-order valence-electron chi connectivity index (χ1n) is 8.86. The molecule has 158 valence electrons. The molecule has 1 heterocycles. The summed E-state index contributed by atoms with van der Waals surface area (Å²) in [5.74, 6) is -2.49. The lowest BCUT2D eigenvalue weighted by atomic mass is 10.1. The Hall–Kier alpha value is -2.75. The SMILES string of the molecule is O=C(CCCN1C(=O)c2ccc(Br)cc2C1=O)NCc1ccc(F)cc1C(F)(F)F. The summed E-state index contributed by atoms with van der Waals surface area (Å²) in [6.45, 7) is -0.420. The van der Waals surface area contributed by atoms with E-state index >= 15 is 0 Å². The van der Waals surface area contributed by atoms with Crippen LogP contribution in [0.5, 0.6) is 0 Å². The second kappa shape index (κ2) is 8.55. The minimum atomic E-state index is -4.75. The molecular weight excluding hydrogens is 472 g/mol. The molecule has 1 aliphatic heterocycles. The predicted octanol–water partition coefficient (Wildman–Crippen LogP) is 4.30. The Morgan fingerprint density at radius 1 is 1.03 bits per heavy atom. The molecule has 5 nitrogen and oxygen atoms in total. The van der Waals surface area contributed by atoms with E-state index in [0.29, 0.717) is 10.5 Å². The normalized spacial score (nSPS) is 13.6. The van der Waals surface area contributed by atoms with Crippen molar-refractivity contribution in [1.82, 2.24) is 10.2 Å². The average molecular weight is 487 g/mol. The van der Waals surface area contributed by atoms with Crippen LogP contribution < -0.4 is 5.32 Å². The molecule has 0 saturated carbocycles. The van der Waals surface area contributed by atoms with E-state index in [1.165, 1.54) is 6.07 Å². The maximum absolute atomic E-state index is 13.1. The van der Waals surface area contributed by atoms with Crippen molar-refractivity contribution in [3.8, 4) is 0 Å². The molecule has 0 spiro atoms. The molecule has 0 saturated heterocycles. The number of imide groups is 1. The van der Waals surface area contributed by atoms with Crippen LogP contribution in [-0.4, -0.2) is 29.2 Å². The highest BCUT2D eigenvalue weighted by molar-refractivity contribution is 9.10. The number of carbonyl (C=O) groups is 3. The number of hydrogen-bond acceptors (Lipinski definition) is 3. The number of hydrogen-bond donors (Lipinski definition) is 1. The van der Waals surface area contributed by atoms with Gasteiger partial charge in [0.2, 0.25) is 5.91 Å². The van der Waals surface area contributed by atoms with E-state index in [4.69, 9.17) is 0 Å². The highest BCUT2D eigenvalue weighted by atomic mass is 79.9. The molecule has 2 aromatic rings. The number of nitrogens with one attached hydrogen (secondary N) is 1. The van der Waals surface area contributed by atoms with Gasteiger partial charge in [0.1, 0.15) is 5.82 Å². The van der Waals surface area contributed by atoms with Crippen molar-refractivity contribution in [3.05, 3.63) is 68.9 Å². The van der Waals surface area contributed by atoms with Crippen molar-refractivity contribution in [2.24, 2.45) is 0 Å². The van der Waals surface area contributed by atoms with E-state index in [1.54, 1.807) is 12.1 Å². The van der Waals surface area contributed by atoms with Gasteiger partial charge in [-0.3, -0.25) is 19.3 Å². The highest BCUT2D eigenvalue weighted by Gasteiger charge is 2.35. The van der Waals surface area contributed by atoms with Crippen LogP contribution in [-0.2, 0) is 17.5 Å². The second-order valence-electron chi connectivity index (χ2n) is 6.63. The maximum atomic E-state index is 13.1. The maximum Gasteiger partial charge on any atom is 0.416 e. The highest BCUT2D eigenvalue weighted by Crippen LogP contribution is 2.32. The van der Waals surface area contributed by atoms with Crippen LogP contribution in [0, 0.1) is 5.82 Å². The van der Waals surface area contributed by atoms with Crippen LogP contribution in [0.15, 0.2) is 40.9 Å². The number of benzene rings is 2. The van der Waals surface area contributed by atoms with E-state index in [1.807, 2.05) is 0 Å². The summed E-state index contributed by atoms with van der Waals surface area (Å²) in [4.78, 5) is 37.7. The van der Waals surface area contributed by atoms with E-state index < -0.39 is 41.8 Å². The number of halogens is 5. The minimum Gasteiger partial charge on any atom is -0.352 e. The van der Waals surface area contributed by atoms with Gasteiger partial charge in [0.15, 0.2) is 0 Å². The fraction of sp³-hybridized carbons (Fsp3) is 0.250. The van der Waals surface area contributed by atoms with Crippen molar-refractivity contribution in [2.45, 2.75) is 25.6 Å². The molecule has 1 N–H and O–H groups in total. The molecule has 0 fully saturated rings. The van der Waals surface area contributed by atoms with Crippen LogP contribution in [0.25, 0.3) is 0 Å². The second-order valence-corrected chi connectivity index (χ2v) is 7.55. The zero-order valence-corrected chi connectivity index (χ0v) is 16.9. The fourth-order valence-corrected chi connectivity index (χ4v) is 3.47. The van der Waals surface area contributed by atoms with Crippen LogP contribution in [0.4, 0.5) is 17.6 Å². The first-order chi connectivity index (χ1) is 14.1. The summed E-state index contributed by atoms with van der Waals surface area (Å²) in [6.07, 6.45) is -4.70. The Balaban J connectivity index is 1.53. The Morgan fingerprint density at radius 3 is 2.43 bits per heavy atom. The van der Waals surface area contributed by atoms with Gasteiger partial charge in [-0.1, -0.05) is 22.0 Å². The van der Waals surface area contributed by atoms with E-state index in [2.05, 4.69) is 21.2 Å². The molecule has 0 atom stereocenters. The minimum absolute atomic E-state index is 0.00172. The summed E-state index contributed by atoms with van der Waals surface area (Å²) in [7, 11) is 0. The first kappa shape index (κ1) is 21.9. The van der Waals surface area contributed by atoms with Gasteiger partial charge in [-0.2, -0.15) is 13.2 Å². The molecule has 3 rings (SSSR count). The van der Waals surface area contributed by atoms with Crippen molar-refractivity contribution < 1.29 is 31.9 Å². The molecule has 0 aromatic heterocycles. The van der Waals surface area contributed by atoms with Gasteiger partial charge < -0.3 is 5.32 Å². The number of amides is 3. The zero-order chi connectivity index (χ0) is 22.1. The third-order valence-corrected chi connectivity index (χ3v) is 5.06. The predicted molar refractivity (Wildman–Crippen MR) is 102 cm³/mol. The number of nitrogens with zero attached hydrogens (tertiary/aromatic N) is 1. The first-order valence-corrected chi connectivity index (χ1v) is 9.65. The summed E-state index contributed by atoms with van der Waals surface area (Å²) >= 11 is 3.24. The zero-order valence-electron chi connectivity index (χ0n) is 15.4. The molecule has 3 amide bonds. The summed E-state index contributed by atoms with van der Waals surface area (Å²) < 4.78 is 52.7. The van der Waals surface area contributed by atoms with Crippen molar-refractivity contribution in [3.63, 3.8) is 0 Å². The summed E-state index contributed by atoms with van der Waals surface area (Å²) in [6, 6.07) is 6.96. The van der Waals surface area contributed by atoms with Crippen LogP contribution >= 0.6 is 15.9 Å². The quantitative estimate of drug-likeness (QED) is 0.488. The monoisotopic (exact) mass is 486 g/mol. The molecule has 0 bridgehead atoms. The molecule has 2 aromatic carbocycles. The van der Waals surface area contributed by atoms with Gasteiger partial charge >= 0.3 is 6.18 Å². The molecule has 1 aliphatic rings. The van der Waals surface area contributed by atoms with Crippen molar-refractivity contribution in [1.29, 1.82) is 0 Å². The van der Waals surface area contributed by atoms with Gasteiger partial charge in [-0.05, 0) is 42.3 Å². The van der Waals surface area contributed by atoms with Crippen molar-refractivity contribution in [2.75, 3.05) is 6.54 Å². The number of fused-ring (bicyclic) bond motifs is 1. The van der Waals surface area contributed by atoms with Gasteiger partial charge in [-0.25, -0.2) is 4.39 Å². The lowest BCUT2D eigenvalue weighted by molar-refractivity contribution is -0.138. The van der Waals surface area contributed by atoms with E-state index in [-0.39, 0.29) is 36.1 Å². The number of rotatable bonds is 6. The van der Waals surface area contributed by atoms with Gasteiger partial charge in [0.05, 0.1) is 16.7 Å².